The number of benzene rings is 2. The lowest BCUT2D eigenvalue weighted by atomic mass is 9.60. The summed E-state index contributed by atoms with van der Waals surface area (Å²) >= 11 is 0. The molecule has 6 bridgehead atoms. The van der Waals surface area contributed by atoms with E-state index in [0.29, 0.717) is 0 Å². The van der Waals surface area contributed by atoms with E-state index in [1.165, 1.54) is 0 Å². The van der Waals surface area contributed by atoms with Crippen molar-refractivity contribution in [3.05, 3.63) is 83.5 Å². The Labute approximate surface area is 177 Å². The van der Waals surface area contributed by atoms with Crippen LogP contribution in [-0.4, -0.2) is 11.7 Å². The summed E-state index contributed by atoms with van der Waals surface area (Å²) in [4.78, 5) is 0. The molecule has 150 valence electrons. The Morgan fingerprint density at radius 2 is 1.37 bits per heavy atom. The molecule has 2 atom stereocenters. The zero-order chi connectivity index (χ0) is 21.6. The first-order valence-corrected chi connectivity index (χ1v) is 10.0. The molecule has 0 heterocycles. The minimum absolute atomic E-state index is 0.450. The van der Waals surface area contributed by atoms with Gasteiger partial charge in [0.1, 0.15) is 0 Å². The van der Waals surface area contributed by atoms with E-state index in [0.717, 1.165) is 27.8 Å². The molecule has 0 N–H and O–H groups in total. The monoisotopic (exact) mass is 396 g/mol. The van der Waals surface area contributed by atoms with Gasteiger partial charge in [0.2, 0.25) is 0 Å². The van der Waals surface area contributed by atoms with Gasteiger partial charge in [-0.15, -0.1) is 0 Å². The van der Waals surface area contributed by atoms with Gasteiger partial charge in [0.15, 0.2) is 11.7 Å². The van der Waals surface area contributed by atoms with Crippen LogP contribution >= 0.6 is 0 Å². The summed E-state index contributed by atoms with van der Waals surface area (Å²) in [6.45, 7) is 8.27. The SMILES string of the molecule is CC1(C)C2=CC=CC(OC#N)(C2OC#N)C(C)(C)c2ccc(cc2)-c2ccc1cc2. The molecule has 4 aliphatic carbocycles. The normalized spacial score (nSPS) is 25.0. The Morgan fingerprint density at radius 3 is 1.90 bits per heavy atom. The summed E-state index contributed by atoms with van der Waals surface area (Å²) in [7, 11) is 0. The van der Waals surface area contributed by atoms with E-state index in [2.05, 4.69) is 62.4 Å². The lowest BCUT2D eigenvalue weighted by Crippen LogP contribution is -2.59. The van der Waals surface area contributed by atoms with Crippen molar-refractivity contribution >= 4 is 0 Å². The summed E-state index contributed by atoms with van der Waals surface area (Å²) in [5.74, 6) is 0. The van der Waals surface area contributed by atoms with Crippen LogP contribution in [0.25, 0.3) is 11.1 Å². The first-order valence-electron chi connectivity index (χ1n) is 10.0. The predicted molar refractivity (Wildman–Crippen MR) is 115 cm³/mol. The maximum Gasteiger partial charge on any atom is 0.287 e. The van der Waals surface area contributed by atoms with E-state index >= 15 is 0 Å². The standard InChI is InChI=1S/C26H24N2O2/c1-24(2)20-11-7-18(8-12-20)19-9-13-21(14-10-19)25(3,4)26(30-17-28)15-5-6-22(24)23(26)29-16-27/h5-15,23H,1-4H3. The fourth-order valence-electron chi connectivity index (χ4n) is 4.82. The van der Waals surface area contributed by atoms with Crippen molar-refractivity contribution in [2.24, 2.45) is 0 Å². The average molecular weight is 396 g/mol. The molecule has 2 aromatic rings. The zero-order valence-electron chi connectivity index (χ0n) is 17.6. The van der Waals surface area contributed by atoms with Crippen LogP contribution < -0.4 is 0 Å². The number of hydrogen-bond acceptors (Lipinski definition) is 4. The van der Waals surface area contributed by atoms with Crippen LogP contribution in [0, 0.1) is 23.0 Å². The van der Waals surface area contributed by atoms with Gasteiger partial charge in [0.25, 0.3) is 12.5 Å². The first-order chi connectivity index (χ1) is 14.3. The Bertz CT molecular complexity index is 1110. The van der Waals surface area contributed by atoms with Crippen molar-refractivity contribution in [1.29, 1.82) is 10.5 Å². The highest BCUT2D eigenvalue weighted by Gasteiger charge is 2.58. The second-order valence-corrected chi connectivity index (χ2v) is 8.96. The van der Waals surface area contributed by atoms with Crippen LogP contribution in [0.1, 0.15) is 38.8 Å². The Kier molecular flexibility index (Phi) is 4.48. The van der Waals surface area contributed by atoms with Crippen LogP contribution in [0.5, 0.6) is 0 Å². The Morgan fingerprint density at radius 1 is 0.800 bits per heavy atom. The molecule has 0 radical (unpaired) electrons. The third kappa shape index (κ3) is 2.65. The number of ether oxygens (including phenoxy) is 2. The lowest BCUT2D eigenvalue weighted by Gasteiger charge is -2.49. The van der Waals surface area contributed by atoms with Crippen molar-refractivity contribution in [2.75, 3.05) is 0 Å². The largest absolute Gasteiger partial charge is 0.415 e. The highest BCUT2D eigenvalue weighted by Crippen LogP contribution is 2.50. The molecule has 2 aromatic carbocycles. The Balaban J connectivity index is 2.09. The molecule has 0 saturated carbocycles. The summed E-state index contributed by atoms with van der Waals surface area (Å²) in [5.41, 5.74) is 2.93. The quantitative estimate of drug-likeness (QED) is 0.627. The van der Waals surface area contributed by atoms with Gasteiger partial charge < -0.3 is 9.47 Å². The molecule has 0 saturated heterocycles. The number of nitriles is 2. The van der Waals surface area contributed by atoms with E-state index in [-0.39, 0.29) is 0 Å². The molecule has 0 spiro atoms. The van der Waals surface area contributed by atoms with Gasteiger partial charge in [-0.3, -0.25) is 0 Å². The van der Waals surface area contributed by atoms with Crippen molar-refractivity contribution in [3.8, 4) is 23.6 Å². The van der Waals surface area contributed by atoms with Crippen LogP contribution in [-0.2, 0) is 20.3 Å². The minimum Gasteiger partial charge on any atom is -0.415 e. The number of nitrogens with zero attached hydrogens (tertiary/aromatic N) is 2. The summed E-state index contributed by atoms with van der Waals surface area (Å²) in [6.07, 6.45) is 8.75. The van der Waals surface area contributed by atoms with Crippen LogP contribution in [0.15, 0.2) is 72.3 Å². The lowest BCUT2D eigenvalue weighted by molar-refractivity contribution is -0.0740. The molecule has 4 heteroatoms. The van der Waals surface area contributed by atoms with Gasteiger partial charge in [-0.05, 0) is 33.9 Å². The summed E-state index contributed by atoms with van der Waals surface area (Å²) in [5, 5.41) is 19.2. The van der Waals surface area contributed by atoms with Gasteiger partial charge in [-0.1, -0.05) is 88.4 Å². The second-order valence-electron chi connectivity index (χ2n) is 8.96. The molecular formula is C26H24N2O2. The van der Waals surface area contributed by atoms with Crippen molar-refractivity contribution in [3.63, 3.8) is 0 Å². The number of rotatable bonds is 2. The number of fused-ring (bicyclic) bond motifs is 2. The molecule has 2 unspecified atom stereocenters. The first kappa shape index (κ1) is 19.8. The highest BCUT2D eigenvalue weighted by molar-refractivity contribution is 5.65. The van der Waals surface area contributed by atoms with Crippen LogP contribution in [0.2, 0.25) is 0 Å². The van der Waals surface area contributed by atoms with Crippen molar-refractivity contribution < 1.29 is 9.47 Å². The Hall–Kier alpha value is -3.50. The molecule has 0 amide bonds. The van der Waals surface area contributed by atoms with E-state index in [4.69, 9.17) is 9.47 Å². The molecule has 30 heavy (non-hydrogen) atoms. The van der Waals surface area contributed by atoms with Crippen molar-refractivity contribution in [1.82, 2.24) is 0 Å². The zero-order valence-corrected chi connectivity index (χ0v) is 17.6. The van der Waals surface area contributed by atoms with Gasteiger partial charge in [-0.25, -0.2) is 0 Å². The van der Waals surface area contributed by atoms with Gasteiger partial charge in [0, 0.05) is 10.8 Å². The summed E-state index contributed by atoms with van der Waals surface area (Å²) < 4.78 is 11.5. The molecule has 4 aliphatic rings. The molecule has 6 rings (SSSR count). The maximum atomic E-state index is 9.64. The molecule has 0 aromatic heterocycles. The molecule has 4 nitrogen and oxygen atoms in total. The van der Waals surface area contributed by atoms with E-state index in [9.17, 15) is 10.5 Å². The topological polar surface area (TPSA) is 66.0 Å². The predicted octanol–water partition coefficient (Wildman–Crippen LogP) is 5.52. The number of hydrogen-bond donors (Lipinski definition) is 0. The van der Waals surface area contributed by atoms with E-state index in [1.807, 2.05) is 44.6 Å². The third-order valence-corrected chi connectivity index (χ3v) is 6.92. The van der Waals surface area contributed by atoms with Gasteiger partial charge in [-0.2, -0.15) is 10.5 Å². The number of allylic oxidation sites excluding steroid dienone is 2. The van der Waals surface area contributed by atoms with E-state index < -0.39 is 22.5 Å². The highest BCUT2D eigenvalue weighted by atomic mass is 16.5. The van der Waals surface area contributed by atoms with Crippen LogP contribution in [0.3, 0.4) is 0 Å². The third-order valence-electron chi connectivity index (χ3n) is 6.92. The van der Waals surface area contributed by atoms with Gasteiger partial charge >= 0.3 is 0 Å². The smallest absolute Gasteiger partial charge is 0.287 e. The fourth-order valence-corrected chi connectivity index (χ4v) is 4.82. The van der Waals surface area contributed by atoms with E-state index in [1.54, 1.807) is 0 Å². The van der Waals surface area contributed by atoms with Gasteiger partial charge in [0.05, 0.1) is 0 Å². The molecular weight excluding hydrogens is 372 g/mol. The minimum atomic E-state index is -1.19. The summed E-state index contributed by atoms with van der Waals surface area (Å²) in [6, 6.07) is 16.7. The average Bonchev–Trinajstić information content (AvgIpc) is 2.75. The van der Waals surface area contributed by atoms with Crippen molar-refractivity contribution in [2.45, 2.75) is 50.2 Å². The van der Waals surface area contributed by atoms with Crippen LogP contribution in [0.4, 0.5) is 0 Å². The molecule has 0 aliphatic heterocycles. The molecule has 0 fully saturated rings. The second kappa shape index (κ2) is 6.78. The maximum absolute atomic E-state index is 9.64. The fraction of sp³-hybridized carbons (Fsp3) is 0.308.